The van der Waals surface area contributed by atoms with Gasteiger partial charge in [-0.1, -0.05) is 19.8 Å². The molecular weight excluding hydrogens is 266 g/mol. The van der Waals surface area contributed by atoms with Crippen molar-refractivity contribution in [3.8, 4) is 0 Å². The first-order valence-corrected chi connectivity index (χ1v) is 8.82. The molecule has 0 radical (unpaired) electrons. The minimum absolute atomic E-state index is 0.0556. The fraction of sp³-hybridized carbons (Fsp3) is 0.923. The lowest BCUT2D eigenvalue weighted by Gasteiger charge is -2.46. The second-order valence-corrected chi connectivity index (χ2v) is 7.68. The average Bonchev–Trinajstić information content (AvgIpc) is 2.37. The summed E-state index contributed by atoms with van der Waals surface area (Å²) in [6.07, 6.45) is 5.83. The lowest BCUT2D eigenvalue weighted by Crippen LogP contribution is -2.57. The number of carboxylic acid groups (broad SMARTS) is 1. The molecule has 19 heavy (non-hydrogen) atoms. The Morgan fingerprint density at radius 1 is 1.21 bits per heavy atom. The van der Waals surface area contributed by atoms with Crippen LogP contribution in [0.1, 0.15) is 51.9 Å². The van der Waals surface area contributed by atoms with Crippen LogP contribution in [0.4, 0.5) is 0 Å². The lowest BCUT2D eigenvalue weighted by molar-refractivity contribution is -0.144. The van der Waals surface area contributed by atoms with E-state index in [1.54, 1.807) is 0 Å². The smallest absolute Gasteiger partial charge is 0.322 e. The van der Waals surface area contributed by atoms with Gasteiger partial charge in [-0.25, -0.2) is 8.42 Å². The molecule has 110 valence electrons. The Hall–Kier alpha value is -0.620. The summed E-state index contributed by atoms with van der Waals surface area (Å²) in [4.78, 5) is 11.4. The maximum atomic E-state index is 12.4. The summed E-state index contributed by atoms with van der Waals surface area (Å²) in [6.45, 7) is 1.82. The van der Waals surface area contributed by atoms with Gasteiger partial charge in [0.25, 0.3) is 0 Å². The van der Waals surface area contributed by atoms with Gasteiger partial charge in [-0.15, -0.1) is 0 Å². The van der Waals surface area contributed by atoms with Crippen molar-refractivity contribution in [2.75, 3.05) is 5.75 Å². The van der Waals surface area contributed by atoms with Gasteiger partial charge in [-0.3, -0.25) is 4.79 Å². The predicted octanol–water partition coefficient (Wildman–Crippen LogP) is 1.83. The molecule has 0 aromatic heterocycles. The number of nitrogens with zero attached hydrogens (tertiary/aromatic N) is 1. The van der Waals surface area contributed by atoms with Crippen molar-refractivity contribution in [1.29, 1.82) is 0 Å². The van der Waals surface area contributed by atoms with Gasteiger partial charge in [0.05, 0.1) is 5.75 Å². The Balaban J connectivity index is 2.31. The number of rotatable bonds is 4. The van der Waals surface area contributed by atoms with Crippen LogP contribution in [-0.4, -0.2) is 41.6 Å². The third-order valence-electron chi connectivity index (χ3n) is 4.38. The van der Waals surface area contributed by atoms with E-state index < -0.39 is 22.0 Å². The van der Waals surface area contributed by atoms with Crippen LogP contribution in [0.2, 0.25) is 0 Å². The van der Waals surface area contributed by atoms with Crippen LogP contribution in [-0.2, 0) is 14.8 Å². The molecule has 1 N–H and O–H groups in total. The van der Waals surface area contributed by atoms with Crippen LogP contribution >= 0.6 is 0 Å². The maximum Gasteiger partial charge on any atom is 0.322 e. The molecule has 1 saturated heterocycles. The zero-order valence-electron chi connectivity index (χ0n) is 11.4. The van der Waals surface area contributed by atoms with E-state index in [-0.39, 0.29) is 11.8 Å². The van der Waals surface area contributed by atoms with Crippen molar-refractivity contribution in [1.82, 2.24) is 4.31 Å². The van der Waals surface area contributed by atoms with Crippen LogP contribution < -0.4 is 0 Å². The number of piperidine rings is 1. The van der Waals surface area contributed by atoms with E-state index in [0.29, 0.717) is 18.8 Å². The van der Waals surface area contributed by atoms with Crippen molar-refractivity contribution in [2.45, 2.75) is 64.0 Å². The molecule has 2 rings (SSSR count). The zero-order valence-corrected chi connectivity index (χ0v) is 12.2. The summed E-state index contributed by atoms with van der Waals surface area (Å²) in [5.41, 5.74) is 0. The third kappa shape index (κ3) is 2.94. The maximum absolute atomic E-state index is 12.4. The molecule has 6 heteroatoms. The largest absolute Gasteiger partial charge is 0.480 e. The minimum Gasteiger partial charge on any atom is -0.480 e. The van der Waals surface area contributed by atoms with Crippen LogP contribution in [0.25, 0.3) is 0 Å². The third-order valence-corrected chi connectivity index (χ3v) is 6.47. The van der Waals surface area contributed by atoms with E-state index in [9.17, 15) is 18.3 Å². The van der Waals surface area contributed by atoms with Gasteiger partial charge >= 0.3 is 5.97 Å². The number of hydrogen-bond acceptors (Lipinski definition) is 3. The monoisotopic (exact) mass is 289 g/mol. The van der Waals surface area contributed by atoms with Gasteiger partial charge in [0.15, 0.2) is 0 Å². The summed E-state index contributed by atoms with van der Waals surface area (Å²) in [5.74, 6) is -0.584. The van der Waals surface area contributed by atoms with E-state index in [0.717, 1.165) is 32.1 Å². The molecular formula is C13H23NO4S. The van der Waals surface area contributed by atoms with Gasteiger partial charge in [0.2, 0.25) is 10.0 Å². The molecule has 5 nitrogen and oxygen atoms in total. The molecule has 0 aromatic carbocycles. The van der Waals surface area contributed by atoms with Crippen LogP contribution in [0.5, 0.6) is 0 Å². The molecule has 0 bridgehead atoms. The topological polar surface area (TPSA) is 74.7 Å². The predicted molar refractivity (Wildman–Crippen MR) is 72.3 cm³/mol. The zero-order chi connectivity index (χ0) is 14.0. The second-order valence-electron chi connectivity index (χ2n) is 5.69. The standard InChI is InChI=1S/C13H23NO4S/c1-2-9-19(17,18)14-11-6-4-3-5-10(11)7-8-12(14)13(15)16/h10-12H,2-9H2,1H3,(H,15,16). The fourth-order valence-corrected chi connectivity index (χ4v) is 5.59. The first-order chi connectivity index (χ1) is 8.97. The second kappa shape index (κ2) is 5.79. The molecule has 0 amide bonds. The average molecular weight is 289 g/mol. The normalized spacial score (nSPS) is 32.8. The Labute approximate surface area is 115 Å². The fourth-order valence-electron chi connectivity index (χ4n) is 3.59. The van der Waals surface area contributed by atoms with E-state index >= 15 is 0 Å². The number of aliphatic carboxylic acids is 1. The SMILES string of the molecule is CCCS(=O)(=O)N1C(C(=O)O)CCC2CCCCC21. The summed E-state index contributed by atoms with van der Waals surface area (Å²) < 4.78 is 26.2. The van der Waals surface area contributed by atoms with Crippen molar-refractivity contribution < 1.29 is 18.3 Å². The minimum atomic E-state index is -3.45. The number of carbonyl (C=O) groups is 1. The van der Waals surface area contributed by atoms with Gasteiger partial charge in [-0.2, -0.15) is 4.31 Å². The van der Waals surface area contributed by atoms with Gasteiger partial charge in [-0.05, 0) is 38.0 Å². The molecule has 1 aliphatic carbocycles. The lowest BCUT2D eigenvalue weighted by atomic mass is 9.78. The Kier molecular flexibility index (Phi) is 4.50. The molecule has 2 aliphatic rings. The Bertz CT molecular complexity index is 434. The highest BCUT2D eigenvalue weighted by molar-refractivity contribution is 7.89. The molecule has 3 unspecified atom stereocenters. The molecule has 2 fully saturated rings. The molecule has 1 saturated carbocycles. The number of sulfonamides is 1. The van der Waals surface area contributed by atoms with Gasteiger partial charge in [0, 0.05) is 6.04 Å². The van der Waals surface area contributed by atoms with Gasteiger partial charge < -0.3 is 5.11 Å². The molecule has 3 atom stereocenters. The summed E-state index contributed by atoms with van der Waals surface area (Å²) in [6, 6.07) is -0.934. The van der Waals surface area contributed by atoms with Crippen LogP contribution in [0.15, 0.2) is 0 Å². The van der Waals surface area contributed by atoms with Crippen molar-refractivity contribution in [3.05, 3.63) is 0 Å². The molecule has 0 aromatic rings. The highest BCUT2D eigenvalue weighted by Crippen LogP contribution is 2.39. The van der Waals surface area contributed by atoms with Crippen molar-refractivity contribution in [3.63, 3.8) is 0 Å². The van der Waals surface area contributed by atoms with Crippen LogP contribution in [0.3, 0.4) is 0 Å². The quantitative estimate of drug-likeness (QED) is 0.857. The Morgan fingerprint density at radius 2 is 1.89 bits per heavy atom. The van der Waals surface area contributed by atoms with Crippen molar-refractivity contribution >= 4 is 16.0 Å². The summed E-state index contributed by atoms with van der Waals surface area (Å²) in [7, 11) is -3.45. The first kappa shape index (κ1) is 14.8. The van der Waals surface area contributed by atoms with Crippen molar-refractivity contribution in [2.24, 2.45) is 5.92 Å². The number of hydrogen-bond donors (Lipinski definition) is 1. The number of carboxylic acids is 1. The first-order valence-electron chi connectivity index (χ1n) is 7.21. The highest BCUT2D eigenvalue weighted by Gasteiger charge is 2.46. The molecule has 1 heterocycles. The highest BCUT2D eigenvalue weighted by atomic mass is 32.2. The van der Waals surface area contributed by atoms with E-state index in [4.69, 9.17) is 0 Å². The summed E-state index contributed by atoms with van der Waals surface area (Å²) >= 11 is 0. The van der Waals surface area contributed by atoms with Crippen LogP contribution in [0, 0.1) is 5.92 Å². The van der Waals surface area contributed by atoms with E-state index in [1.807, 2.05) is 6.92 Å². The summed E-state index contributed by atoms with van der Waals surface area (Å²) in [5, 5.41) is 9.32. The number of fused-ring (bicyclic) bond motifs is 1. The molecule has 1 aliphatic heterocycles. The van der Waals surface area contributed by atoms with E-state index in [2.05, 4.69) is 0 Å². The van der Waals surface area contributed by atoms with E-state index in [1.165, 1.54) is 4.31 Å². The van der Waals surface area contributed by atoms with Gasteiger partial charge in [0.1, 0.15) is 6.04 Å². The Morgan fingerprint density at radius 3 is 2.53 bits per heavy atom. The molecule has 0 spiro atoms.